The van der Waals surface area contributed by atoms with Crippen molar-refractivity contribution < 1.29 is 19.0 Å². The average Bonchev–Trinajstić information content (AvgIpc) is 2.73. The van der Waals surface area contributed by atoms with Crippen LogP contribution in [-0.2, 0) is 4.79 Å². The number of fused-ring (bicyclic) bond motifs is 3. The Hall–Kier alpha value is -2.36. The maximum atomic E-state index is 14.1. The highest BCUT2D eigenvalue weighted by molar-refractivity contribution is 5.82. The van der Waals surface area contributed by atoms with E-state index in [4.69, 9.17) is 9.84 Å². The molecule has 3 nitrogen and oxygen atoms in total. The molecule has 0 amide bonds. The second-order valence-corrected chi connectivity index (χ2v) is 4.81. The lowest BCUT2D eigenvalue weighted by atomic mass is 9.93. The van der Waals surface area contributed by atoms with Crippen LogP contribution in [0, 0.1) is 5.82 Å². The van der Waals surface area contributed by atoms with Gasteiger partial charge in [0, 0.05) is 11.5 Å². The van der Waals surface area contributed by atoms with Gasteiger partial charge in [-0.05, 0) is 34.9 Å². The molecule has 20 heavy (non-hydrogen) atoms. The van der Waals surface area contributed by atoms with Crippen molar-refractivity contribution in [2.45, 2.75) is 12.3 Å². The molecule has 0 aliphatic heterocycles. The van der Waals surface area contributed by atoms with E-state index < -0.39 is 5.97 Å². The Bertz CT molecular complexity index is 694. The standard InChI is InChI=1S/C16H13FO3/c1-20-9-5-6-11-12(7-9)13(8-15(18)19)10-3-2-4-14(17)16(10)11/h2-7,13H,8H2,1H3,(H,18,19). The number of rotatable bonds is 3. The van der Waals surface area contributed by atoms with Crippen LogP contribution in [-0.4, -0.2) is 18.2 Å². The lowest BCUT2D eigenvalue weighted by Gasteiger charge is -2.11. The van der Waals surface area contributed by atoms with Gasteiger partial charge in [0.15, 0.2) is 0 Å². The van der Waals surface area contributed by atoms with Crippen molar-refractivity contribution in [2.75, 3.05) is 7.11 Å². The SMILES string of the molecule is COc1ccc2c(c1)C(CC(=O)O)c1cccc(F)c1-2. The van der Waals surface area contributed by atoms with Gasteiger partial charge in [0.2, 0.25) is 0 Å². The number of methoxy groups -OCH3 is 1. The molecule has 0 saturated heterocycles. The van der Waals surface area contributed by atoms with Gasteiger partial charge in [-0.3, -0.25) is 4.79 Å². The summed E-state index contributed by atoms with van der Waals surface area (Å²) in [7, 11) is 1.55. The number of carbonyl (C=O) groups is 1. The summed E-state index contributed by atoms with van der Waals surface area (Å²) >= 11 is 0. The Morgan fingerprint density at radius 2 is 2.10 bits per heavy atom. The molecule has 2 aromatic carbocycles. The van der Waals surface area contributed by atoms with Gasteiger partial charge in [-0.2, -0.15) is 0 Å². The smallest absolute Gasteiger partial charge is 0.304 e. The van der Waals surface area contributed by atoms with Crippen LogP contribution in [0.25, 0.3) is 11.1 Å². The second-order valence-electron chi connectivity index (χ2n) is 4.81. The molecule has 3 rings (SSSR count). The van der Waals surface area contributed by atoms with Crippen molar-refractivity contribution in [3.05, 3.63) is 53.3 Å². The first-order valence-electron chi connectivity index (χ1n) is 6.30. The molecular weight excluding hydrogens is 259 g/mol. The zero-order valence-corrected chi connectivity index (χ0v) is 10.9. The van der Waals surface area contributed by atoms with Crippen LogP contribution in [0.5, 0.6) is 5.75 Å². The van der Waals surface area contributed by atoms with Gasteiger partial charge in [-0.15, -0.1) is 0 Å². The number of hydrogen-bond donors (Lipinski definition) is 1. The van der Waals surface area contributed by atoms with E-state index >= 15 is 0 Å². The molecular formula is C16H13FO3. The third kappa shape index (κ3) is 1.84. The number of halogens is 1. The van der Waals surface area contributed by atoms with E-state index in [1.54, 1.807) is 37.4 Å². The minimum Gasteiger partial charge on any atom is -0.497 e. The van der Waals surface area contributed by atoms with Gasteiger partial charge in [0.1, 0.15) is 11.6 Å². The van der Waals surface area contributed by atoms with Crippen molar-refractivity contribution >= 4 is 5.97 Å². The summed E-state index contributed by atoms with van der Waals surface area (Å²) < 4.78 is 19.3. The molecule has 0 fully saturated rings. The number of carboxylic acid groups (broad SMARTS) is 1. The van der Waals surface area contributed by atoms with E-state index in [1.165, 1.54) is 6.07 Å². The number of benzene rings is 2. The van der Waals surface area contributed by atoms with Crippen LogP contribution in [0.1, 0.15) is 23.5 Å². The molecule has 0 heterocycles. The fraction of sp³-hybridized carbons (Fsp3) is 0.188. The predicted octanol–water partition coefficient (Wildman–Crippen LogP) is 3.42. The molecule has 0 saturated carbocycles. The second kappa shape index (κ2) is 4.63. The summed E-state index contributed by atoms with van der Waals surface area (Å²) in [6, 6.07) is 10.2. The van der Waals surface area contributed by atoms with Gasteiger partial charge in [-0.25, -0.2) is 4.39 Å². The minimum absolute atomic E-state index is 0.0589. The summed E-state index contributed by atoms with van der Waals surface area (Å²) in [5.41, 5.74) is 2.81. The lowest BCUT2D eigenvalue weighted by Crippen LogP contribution is -2.05. The maximum Gasteiger partial charge on any atom is 0.304 e. The summed E-state index contributed by atoms with van der Waals surface area (Å²) in [6.45, 7) is 0. The van der Waals surface area contributed by atoms with E-state index in [9.17, 15) is 9.18 Å². The van der Waals surface area contributed by atoms with Crippen molar-refractivity contribution in [3.63, 3.8) is 0 Å². The number of ether oxygens (including phenoxy) is 1. The van der Waals surface area contributed by atoms with Gasteiger partial charge >= 0.3 is 5.97 Å². The summed E-state index contributed by atoms with van der Waals surface area (Å²) in [5.74, 6) is -0.904. The quantitative estimate of drug-likeness (QED) is 0.931. The van der Waals surface area contributed by atoms with Crippen molar-refractivity contribution in [1.82, 2.24) is 0 Å². The van der Waals surface area contributed by atoms with Gasteiger partial charge in [0.05, 0.1) is 13.5 Å². The van der Waals surface area contributed by atoms with Gasteiger partial charge < -0.3 is 9.84 Å². The monoisotopic (exact) mass is 272 g/mol. The summed E-state index contributed by atoms with van der Waals surface area (Å²) in [4.78, 5) is 11.1. The van der Waals surface area contributed by atoms with Gasteiger partial charge in [-0.1, -0.05) is 18.2 Å². The average molecular weight is 272 g/mol. The molecule has 1 atom stereocenters. The van der Waals surface area contributed by atoms with Crippen LogP contribution in [0.15, 0.2) is 36.4 Å². The van der Waals surface area contributed by atoms with E-state index in [0.29, 0.717) is 11.3 Å². The molecule has 1 N–H and O–H groups in total. The molecule has 0 radical (unpaired) electrons. The normalized spacial score (nSPS) is 15.6. The Kier molecular flexibility index (Phi) is 2.93. The Morgan fingerprint density at radius 3 is 2.80 bits per heavy atom. The molecule has 1 aliphatic rings. The third-order valence-corrected chi connectivity index (χ3v) is 3.70. The first-order chi connectivity index (χ1) is 9.61. The van der Waals surface area contributed by atoms with Crippen molar-refractivity contribution in [1.29, 1.82) is 0 Å². The molecule has 2 aromatic rings. The fourth-order valence-electron chi connectivity index (χ4n) is 2.86. The molecule has 1 aliphatic carbocycles. The fourth-order valence-corrected chi connectivity index (χ4v) is 2.86. The molecule has 0 spiro atoms. The van der Waals surface area contributed by atoms with Crippen molar-refractivity contribution in [2.24, 2.45) is 0 Å². The third-order valence-electron chi connectivity index (χ3n) is 3.70. The first kappa shape index (κ1) is 12.7. The Labute approximate surface area is 115 Å². The minimum atomic E-state index is -0.902. The van der Waals surface area contributed by atoms with Crippen LogP contribution in [0.2, 0.25) is 0 Å². The Morgan fingerprint density at radius 1 is 1.30 bits per heavy atom. The van der Waals surface area contributed by atoms with Crippen LogP contribution < -0.4 is 4.74 Å². The topological polar surface area (TPSA) is 46.5 Å². The van der Waals surface area contributed by atoms with E-state index in [2.05, 4.69) is 0 Å². The largest absolute Gasteiger partial charge is 0.497 e. The lowest BCUT2D eigenvalue weighted by molar-refractivity contribution is -0.137. The highest BCUT2D eigenvalue weighted by Gasteiger charge is 2.32. The van der Waals surface area contributed by atoms with Crippen LogP contribution in [0.4, 0.5) is 4.39 Å². The highest BCUT2D eigenvalue weighted by atomic mass is 19.1. The number of carboxylic acids is 1. The summed E-state index contributed by atoms with van der Waals surface area (Å²) in [6.07, 6.45) is -0.0589. The number of hydrogen-bond acceptors (Lipinski definition) is 2. The van der Waals surface area contributed by atoms with Gasteiger partial charge in [0.25, 0.3) is 0 Å². The molecule has 0 bridgehead atoms. The maximum absolute atomic E-state index is 14.1. The van der Waals surface area contributed by atoms with Crippen LogP contribution in [0.3, 0.4) is 0 Å². The molecule has 0 aromatic heterocycles. The predicted molar refractivity (Wildman–Crippen MR) is 72.5 cm³/mol. The zero-order chi connectivity index (χ0) is 14.3. The van der Waals surface area contributed by atoms with E-state index in [1.807, 2.05) is 0 Å². The van der Waals surface area contributed by atoms with Crippen molar-refractivity contribution in [3.8, 4) is 16.9 Å². The first-order valence-corrected chi connectivity index (χ1v) is 6.30. The van der Waals surface area contributed by atoms with E-state index in [0.717, 1.165) is 16.7 Å². The Balaban J connectivity index is 2.23. The number of aliphatic carboxylic acids is 1. The highest BCUT2D eigenvalue weighted by Crippen LogP contribution is 2.48. The van der Waals surface area contributed by atoms with E-state index in [-0.39, 0.29) is 18.2 Å². The zero-order valence-electron chi connectivity index (χ0n) is 10.9. The molecule has 102 valence electrons. The molecule has 4 heteroatoms. The summed E-state index contributed by atoms with van der Waals surface area (Å²) in [5, 5.41) is 9.10. The van der Waals surface area contributed by atoms with Crippen LogP contribution >= 0.6 is 0 Å². The molecule has 1 unspecified atom stereocenters.